The van der Waals surface area contributed by atoms with Crippen LogP contribution in [0, 0.1) is 108 Å². The molecule has 0 fully saturated rings. The van der Waals surface area contributed by atoms with Crippen LogP contribution in [0.25, 0.3) is 45.0 Å². The molecule has 8 unspecified atom stereocenters. The maximum atomic E-state index is 9.76. The number of aryl methyl sites for hydroxylation is 8. The standard InChI is InChI=1S/4C18H15N2O.C11H24O2.C9H20O2.C8H18O2.C5H12O2.4Ir/c4*1-13-12-19-18(14(2)20-13)15-8-10-17(11-9-15)21-16-6-4-3-5-7-16;1-10(2,3)8(12)7-9(13)11(4,5)6;1-6(2)8(10)5-9(11)7(3)4;1-6(9)5-7(10)8(2,3)4;1-4(6)3-5(2)7;;;;/h4*3-8,10-12H,1-2H3;8-9,12-13H,7H2,1-6H3;6-11H,5H2,1-4H3;6-7,9-10H,5H2,1-4H3;4-7H,3H2,1-2H3;;;;/q4*-1;;;;;;;;. The molecule has 706 valence electrons. The van der Waals surface area contributed by atoms with Crippen LogP contribution in [0.5, 0.6) is 46.0 Å². The quantitative estimate of drug-likeness (QED) is 0.0292. The van der Waals surface area contributed by atoms with Gasteiger partial charge in [-0.3, -0.25) is 19.9 Å². The van der Waals surface area contributed by atoms with Crippen LogP contribution in [0.4, 0.5) is 0 Å². The Hall–Kier alpha value is -8.44. The summed E-state index contributed by atoms with van der Waals surface area (Å²) < 4.78 is 23.0. The van der Waals surface area contributed by atoms with Crippen LogP contribution in [-0.4, -0.2) is 130 Å². The van der Waals surface area contributed by atoms with Gasteiger partial charge in [-0.2, -0.15) is 0 Å². The molecule has 0 saturated carbocycles. The zero-order valence-electron chi connectivity index (χ0n) is 79.0. The summed E-state index contributed by atoms with van der Waals surface area (Å²) in [4.78, 5) is 35.4. The van der Waals surface area contributed by atoms with E-state index in [1.54, 1.807) is 45.6 Å². The van der Waals surface area contributed by atoms with Gasteiger partial charge in [0, 0.05) is 180 Å². The Morgan fingerprint density at radius 1 is 0.264 bits per heavy atom. The molecule has 0 aliphatic heterocycles. The van der Waals surface area contributed by atoms with E-state index in [4.69, 9.17) is 34.3 Å². The van der Waals surface area contributed by atoms with Gasteiger partial charge in [-0.05, 0) is 172 Å². The van der Waals surface area contributed by atoms with Crippen LogP contribution in [0.1, 0.15) is 182 Å². The summed E-state index contributed by atoms with van der Waals surface area (Å²) in [7, 11) is 0. The molecule has 8 atom stereocenters. The maximum absolute atomic E-state index is 9.76. The van der Waals surface area contributed by atoms with Crippen molar-refractivity contribution in [1.29, 1.82) is 0 Å². The molecule has 0 aliphatic rings. The van der Waals surface area contributed by atoms with E-state index >= 15 is 0 Å². The fourth-order valence-corrected chi connectivity index (χ4v) is 11.3. The first kappa shape index (κ1) is 119. The van der Waals surface area contributed by atoms with Gasteiger partial charge in [0.15, 0.2) is 0 Å². The molecule has 4 radical (unpaired) electrons. The summed E-state index contributed by atoms with van der Waals surface area (Å²) in [5.74, 6) is 6.73. The molecule has 24 heteroatoms. The van der Waals surface area contributed by atoms with E-state index in [0.717, 1.165) is 137 Å². The van der Waals surface area contributed by atoms with Crippen LogP contribution in [0.3, 0.4) is 0 Å². The number of nitrogens with zero attached hydrogens (tertiary/aromatic N) is 8. The monoisotopic (exact) mass is 2470 g/mol. The van der Waals surface area contributed by atoms with Crippen molar-refractivity contribution in [2.24, 2.45) is 28.1 Å². The Balaban J connectivity index is 0.000000751. The van der Waals surface area contributed by atoms with Gasteiger partial charge in [-0.15, -0.1) is 119 Å². The average Bonchev–Trinajstić information content (AvgIpc) is 0.843. The molecule has 129 heavy (non-hydrogen) atoms. The molecular formula is C105H134Ir4N8O12-4. The summed E-state index contributed by atoms with van der Waals surface area (Å²) in [5.41, 5.74) is 14.0. The number of rotatable bonds is 22. The van der Waals surface area contributed by atoms with Gasteiger partial charge in [0.05, 0.1) is 71.6 Å². The van der Waals surface area contributed by atoms with Crippen LogP contribution in [-0.2, 0) is 80.4 Å². The molecule has 0 spiro atoms. The number of hydrogen-bond acceptors (Lipinski definition) is 20. The van der Waals surface area contributed by atoms with Gasteiger partial charge in [0.25, 0.3) is 0 Å². The minimum Gasteiger partial charge on any atom is -0.502 e. The van der Waals surface area contributed by atoms with Crippen molar-refractivity contribution < 1.29 is 140 Å². The topological polar surface area (TPSA) is 302 Å². The largest absolute Gasteiger partial charge is 0.502 e. The van der Waals surface area contributed by atoms with Crippen LogP contribution in [0.15, 0.2) is 219 Å². The van der Waals surface area contributed by atoms with Crippen molar-refractivity contribution >= 4 is 0 Å². The van der Waals surface area contributed by atoms with E-state index in [9.17, 15) is 25.5 Å². The van der Waals surface area contributed by atoms with Crippen LogP contribution in [0.2, 0.25) is 0 Å². The molecule has 0 aliphatic carbocycles. The fourth-order valence-electron chi connectivity index (χ4n) is 11.3. The number of para-hydroxylation sites is 4. The Kier molecular flexibility index (Phi) is 55.0. The van der Waals surface area contributed by atoms with Gasteiger partial charge in [-0.1, -0.05) is 163 Å². The third kappa shape index (κ3) is 46.0. The van der Waals surface area contributed by atoms with Gasteiger partial charge in [0.2, 0.25) is 0 Å². The smallest absolute Gasteiger partial charge is 0.114 e. The van der Waals surface area contributed by atoms with Crippen molar-refractivity contribution in [3.63, 3.8) is 0 Å². The predicted octanol–water partition coefficient (Wildman–Crippen LogP) is 22.3. The summed E-state index contributed by atoms with van der Waals surface area (Å²) >= 11 is 0. The van der Waals surface area contributed by atoms with E-state index in [2.05, 4.69) is 64.1 Å². The van der Waals surface area contributed by atoms with Gasteiger partial charge in [0.1, 0.15) is 23.0 Å². The molecule has 12 aromatic rings. The Bertz CT molecular complexity index is 4470. The van der Waals surface area contributed by atoms with E-state index in [1.165, 1.54) is 0 Å². The second-order valence-electron chi connectivity index (χ2n) is 35.0. The summed E-state index contributed by atoms with van der Waals surface area (Å²) in [6.45, 7) is 46.1. The molecule has 20 nitrogen and oxygen atoms in total. The number of aromatic nitrogens is 8. The second-order valence-corrected chi connectivity index (χ2v) is 35.0. The number of hydrogen-bond donors (Lipinski definition) is 8. The zero-order chi connectivity index (χ0) is 92.7. The molecule has 8 N–H and O–H groups in total. The minimum atomic E-state index is -0.443. The zero-order valence-corrected chi connectivity index (χ0v) is 88.6. The molecule has 0 bridgehead atoms. The van der Waals surface area contributed by atoms with Crippen molar-refractivity contribution in [1.82, 2.24) is 39.9 Å². The molecule has 8 aromatic carbocycles. The summed E-state index contributed by atoms with van der Waals surface area (Å²) in [6, 6.07) is 74.3. The van der Waals surface area contributed by atoms with E-state index < -0.39 is 24.4 Å². The van der Waals surface area contributed by atoms with Crippen molar-refractivity contribution in [2.75, 3.05) is 0 Å². The molecule has 0 amide bonds. The Labute approximate surface area is 822 Å². The maximum Gasteiger partial charge on any atom is 0.114 e. The third-order valence-electron chi connectivity index (χ3n) is 19.1. The Morgan fingerprint density at radius 3 is 0.612 bits per heavy atom. The van der Waals surface area contributed by atoms with Crippen molar-refractivity contribution in [3.05, 3.63) is 289 Å². The molecular weight excluding hydrogens is 2330 g/mol. The van der Waals surface area contributed by atoms with E-state index in [1.807, 2.05) is 340 Å². The third-order valence-corrected chi connectivity index (χ3v) is 19.1. The van der Waals surface area contributed by atoms with Gasteiger partial charge >= 0.3 is 0 Å². The SMILES string of the molecule is CC(C)(C)C(O)CC(O)C(C)(C)C.CC(C)C(O)CC(O)C(C)C.CC(O)CC(C)O.CC(O)CC(O)C(C)(C)C.Cc1cnc(-c2[c-]cc(Oc3ccccc3)cc2)c(C)n1.Cc1cnc(-c2[c-]cc(Oc3ccccc3)cc2)c(C)n1.Cc1cnc(-c2[c-]cc(Oc3ccccc3)cc2)c(C)n1.Cc1cnc(-c2[c-]cc(Oc3ccccc3)cc2)c(C)n1.[Ir].[Ir].[Ir].[Ir]. The fraction of sp³-hybridized carbons (Fsp3) is 0.390. The molecule has 12 rings (SSSR count). The number of benzene rings is 8. The molecule has 4 aromatic heterocycles. The predicted molar refractivity (Wildman–Crippen MR) is 501 cm³/mol. The van der Waals surface area contributed by atoms with Gasteiger partial charge < -0.3 is 79.7 Å². The number of ether oxygens (including phenoxy) is 4. The summed E-state index contributed by atoms with van der Waals surface area (Å²) in [6.07, 6.45) is 5.76. The Morgan fingerprint density at radius 2 is 0.465 bits per heavy atom. The first-order valence-electron chi connectivity index (χ1n) is 42.5. The second kappa shape index (κ2) is 59.9. The molecule has 0 saturated heterocycles. The number of aliphatic hydroxyl groups excluding tert-OH is 8. The normalized spacial score (nSPS) is 12.6. The summed E-state index contributed by atoms with van der Waals surface area (Å²) in [5, 5.41) is 73.7. The average molecular weight is 2470 g/mol. The minimum absolute atomic E-state index is 0. The number of aliphatic hydroxyl groups is 8. The molecule has 4 heterocycles. The van der Waals surface area contributed by atoms with Crippen molar-refractivity contribution in [3.8, 4) is 91.0 Å². The first-order valence-corrected chi connectivity index (χ1v) is 42.5. The first-order chi connectivity index (χ1) is 58.8. The van der Waals surface area contributed by atoms with E-state index in [0.29, 0.717) is 25.7 Å². The van der Waals surface area contributed by atoms with Gasteiger partial charge in [-0.25, -0.2) is 0 Å². The van der Waals surface area contributed by atoms with Crippen LogP contribution >= 0.6 is 0 Å². The van der Waals surface area contributed by atoms with Crippen molar-refractivity contribution in [2.45, 2.75) is 241 Å². The van der Waals surface area contributed by atoms with E-state index in [-0.39, 0.29) is 133 Å². The van der Waals surface area contributed by atoms with Crippen LogP contribution < -0.4 is 18.9 Å².